The van der Waals surface area contributed by atoms with Crippen molar-refractivity contribution in [1.29, 1.82) is 0 Å². The summed E-state index contributed by atoms with van der Waals surface area (Å²) in [5, 5.41) is 50.2. The van der Waals surface area contributed by atoms with Gasteiger partial charge in [0.1, 0.15) is 65.3 Å². The van der Waals surface area contributed by atoms with Crippen molar-refractivity contribution in [1.82, 2.24) is 24.7 Å². The van der Waals surface area contributed by atoms with Gasteiger partial charge in [0.2, 0.25) is 6.10 Å². The fourth-order valence-corrected chi connectivity index (χ4v) is 12.7. The van der Waals surface area contributed by atoms with E-state index in [4.69, 9.17) is 9.47 Å². The van der Waals surface area contributed by atoms with Crippen LogP contribution in [0.1, 0.15) is 68.1 Å². The molecule has 6 aliphatic rings. The Labute approximate surface area is 529 Å². The number of fused-ring (bicyclic) bond motifs is 3. The molecule has 4 aromatic heterocycles. The highest BCUT2D eigenvalue weighted by Crippen LogP contribution is 2.45. The van der Waals surface area contributed by atoms with E-state index in [1.807, 2.05) is 0 Å². The zero-order chi connectivity index (χ0) is 68.7. The number of aromatic nitrogens is 5. The van der Waals surface area contributed by atoms with Gasteiger partial charge >= 0.3 is 18.5 Å². The number of halogens is 11. The molecule has 0 bridgehead atoms. The van der Waals surface area contributed by atoms with E-state index in [1.54, 1.807) is 16.8 Å². The van der Waals surface area contributed by atoms with Crippen molar-refractivity contribution in [3.05, 3.63) is 134 Å². The van der Waals surface area contributed by atoms with Gasteiger partial charge in [0, 0.05) is 56.9 Å². The number of pyridine rings is 3. The van der Waals surface area contributed by atoms with E-state index in [-0.39, 0.29) is 64.3 Å². The number of benzene rings is 2. The minimum absolute atomic E-state index is 0.0345. The predicted octanol–water partition coefficient (Wildman–Crippen LogP) is 4.77. The number of alkyl halides is 9. The number of ether oxygens (including phenoxy) is 2. The molecule has 9 unspecified atom stereocenters. The summed E-state index contributed by atoms with van der Waals surface area (Å²) in [7, 11) is 3.21. The van der Waals surface area contributed by atoms with E-state index in [0.717, 1.165) is 55.3 Å². The predicted molar refractivity (Wildman–Crippen MR) is 306 cm³/mol. The topological polar surface area (TPSA) is 278 Å². The molecule has 9 atom stereocenters. The summed E-state index contributed by atoms with van der Waals surface area (Å²) in [6, 6.07) is 1.45. The lowest BCUT2D eigenvalue weighted by Crippen LogP contribution is -2.51. The van der Waals surface area contributed by atoms with Gasteiger partial charge in [0.25, 0.3) is 35.4 Å². The summed E-state index contributed by atoms with van der Waals surface area (Å²) in [5.41, 5.74) is -5.58. The van der Waals surface area contributed by atoms with Gasteiger partial charge in [-0.15, -0.1) is 0 Å². The zero-order valence-corrected chi connectivity index (χ0v) is 50.3. The molecule has 4 N–H and O–H groups in total. The number of aliphatic hydroxyl groups is 4. The first-order valence-electron chi connectivity index (χ1n) is 29.3. The standard InChI is InChI=1S/C61H54F11N11O12/c1-24-15-28(59(64,65)66)18-38(73-24)83-45(55(90)79(5)41-20-32-7-6-14-80(32)76-41)51(49(87)57(83)92)94-23-30-17-29(60(67,68)69)19-39(75-30)82-44(54(89)78(4)37-22-36(62)33-12-13-34(33)42(37)63)47(85)52(58(82)93)95-50-25(2)74-40(21-35(50)61(70,71)72)81-43(46(84)48(86)56(81)91)53(88)77(3)31-11-10-26-8-9-27(26)16-31/h10-11,15-22,43-49,51-52,84-87H,6-9,12-14,23H2,1-5H3. The number of nitrogens with zero attached hydrogens (tertiary/aromatic N) is 11. The van der Waals surface area contributed by atoms with Crippen molar-refractivity contribution in [2.75, 3.05) is 50.5 Å². The van der Waals surface area contributed by atoms with Crippen LogP contribution in [0, 0.1) is 25.5 Å². The van der Waals surface area contributed by atoms with Crippen molar-refractivity contribution in [3.8, 4) is 5.75 Å². The van der Waals surface area contributed by atoms with Gasteiger partial charge < -0.3 is 39.7 Å². The van der Waals surface area contributed by atoms with Crippen LogP contribution < -0.4 is 34.1 Å². The number of hydrogen-bond donors (Lipinski definition) is 4. The van der Waals surface area contributed by atoms with Crippen LogP contribution in [0.25, 0.3) is 0 Å². The molecular weight excluding hydrogens is 1290 g/mol. The molecular formula is C61H54F11N11O12. The van der Waals surface area contributed by atoms with Crippen LogP contribution in [-0.4, -0.2) is 156 Å². The Morgan fingerprint density at radius 2 is 1.20 bits per heavy atom. The first kappa shape index (κ1) is 65.8. The molecule has 2 aromatic carbocycles. The first-order chi connectivity index (χ1) is 44.5. The molecule has 34 heteroatoms. The number of carbonyl (C=O) groups excluding carboxylic acids is 6. The highest BCUT2D eigenvalue weighted by atomic mass is 19.4. The Kier molecular flexibility index (Phi) is 16.3. The molecule has 3 saturated heterocycles. The SMILES string of the molecule is Cc1cc(C(F)(F)F)cc(N2C(=O)C(O)C(OCc3cc(C(F)(F)F)cc(N4C(=O)C(Oc5c(C(F)(F)F)cc(N6C(=O)C(O)C(O)C6C(=O)N(C)c6ccc7c(c6)CC7)nc5C)C(O)C4C(=O)N(C)c4cc(F)c5c(c4F)CC5)n3)C2C(=O)N(C)c2cc3n(n2)CCC3)n1. The van der Waals surface area contributed by atoms with E-state index in [1.165, 1.54) is 19.2 Å². The van der Waals surface area contributed by atoms with Gasteiger partial charge in [0.15, 0.2) is 29.6 Å². The third-order valence-corrected chi connectivity index (χ3v) is 17.9. The molecule has 23 nitrogen and oxygen atoms in total. The van der Waals surface area contributed by atoms with E-state index in [0.29, 0.717) is 64.4 Å². The third-order valence-electron chi connectivity index (χ3n) is 17.9. The van der Waals surface area contributed by atoms with E-state index in [2.05, 4.69) is 20.1 Å². The second-order valence-electron chi connectivity index (χ2n) is 23.8. The monoisotopic (exact) mass is 1340 g/mol. The Morgan fingerprint density at radius 1 is 0.611 bits per heavy atom. The maximum absolute atomic E-state index is 16.1. The van der Waals surface area contributed by atoms with Crippen LogP contribution >= 0.6 is 0 Å². The molecule has 502 valence electrons. The van der Waals surface area contributed by atoms with Crippen molar-refractivity contribution in [3.63, 3.8) is 0 Å². The molecule has 3 fully saturated rings. The quantitative estimate of drug-likeness (QED) is 0.107. The smallest absolute Gasteiger partial charge is 0.420 e. The van der Waals surface area contributed by atoms with E-state index >= 15 is 39.9 Å². The van der Waals surface area contributed by atoms with Crippen LogP contribution in [-0.2, 0) is 97.3 Å². The first-order valence-corrected chi connectivity index (χ1v) is 29.3. The van der Waals surface area contributed by atoms with Gasteiger partial charge in [-0.25, -0.2) is 23.7 Å². The number of likely N-dealkylation sites (N-methyl/N-ethyl adjacent to an activating group) is 3. The third kappa shape index (κ3) is 11.3. The van der Waals surface area contributed by atoms with Crippen LogP contribution in [0.5, 0.6) is 5.75 Å². The summed E-state index contributed by atoms with van der Waals surface area (Å²) in [6.45, 7) is 1.04. The molecule has 8 heterocycles. The molecule has 12 rings (SSSR count). The second-order valence-corrected chi connectivity index (χ2v) is 23.8. The van der Waals surface area contributed by atoms with Gasteiger partial charge in [-0.05, 0) is 117 Å². The number of hydrogen-bond acceptors (Lipinski definition) is 16. The zero-order valence-electron chi connectivity index (χ0n) is 50.3. The summed E-state index contributed by atoms with van der Waals surface area (Å²) in [5.74, 6) is -15.6. The summed E-state index contributed by atoms with van der Waals surface area (Å²) in [4.78, 5) is 102. The fourth-order valence-electron chi connectivity index (χ4n) is 12.7. The molecule has 95 heavy (non-hydrogen) atoms. The summed E-state index contributed by atoms with van der Waals surface area (Å²) in [6.07, 6.45) is -28.6. The minimum Gasteiger partial charge on any atom is -0.475 e. The molecule has 6 aromatic rings. The van der Waals surface area contributed by atoms with Crippen molar-refractivity contribution in [2.45, 2.75) is 139 Å². The number of anilines is 6. The lowest BCUT2D eigenvalue weighted by atomic mass is 9.87. The van der Waals surface area contributed by atoms with Gasteiger partial charge in [-0.3, -0.25) is 53.0 Å². The van der Waals surface area contributed by atoms with Crippen LogP contribution in [0.3, 0.4) is 0 Å². The lowest BCUT2D eigenvalue weighted by Gasteiger charge is -2.31. The molecule has 0 radical (unpaired) electrons. The van der Waals surface area contributed by atoms with E-state index in [9.17, 15) is 57.6 Å². The number of aliphatic hydroxyl groups excluding tert-OH is 4. The lowest BCUT2D eigenvalue weighted by molar-refractivity contribution is -0.141. The van der Waals surface area contributed by atoms with Gasteiger partial charge in [-0.1, -0.05) is 6.07 Å². The molecule has 2 aliphatic carbocycles. The Hall–Kier alpha value is -9.25. The average Bonchev–Trinajstić information content (AvgIpc) is 1.74. The maximum Gasteiger partial charge on any atom is 0.420 e. The molecule has 6 amide bonds. The van der Waals surface area contributed by atoms with Crippen LogP contribution in [0.4, 0.5) is 82.9 Å². The highest BCUT2D eigenvalue weighted by molar-refractivity contribution is 6.13. The average molecular weight is 1340 g/mol. The minimum atomic E-state index is -5.63. The van der Waals surface area contributed by atoms with Crippen molar-refractivity contribution >= 4 is 70.1 Å². The summed E-state index contributed by atoms with van der Waals surface area (Å²) >= 11 is 0. The number of aryl methyl sites for hydroxylation is 6. The largest absolute Gasteiger partial charge is 0.475 e. The number of amides is 6. The molecule has 4 aliphatic heterocycles. The fraction of sp³-hybridized carbons (Fsp3) is 0.410. The number of rotatable bonds is 14. The normalized spacial score (nSPS) is 23.2. The Bertz CT molecular complexity index is 4200. The highest BCUT2D eigenvalue weighted by Gasteiger charge is 2.59. The van der Waals surface area contributed by atoms with Crippen molar-refractivity contribution in [2.24, 2.45) is 0 Å². The summed E-state index contributed by atoms with van der Waals surface area (Å²) < 4.78 is 180. The van der Waals surface area contributed by atoms with Gasteiger partial charge in [0.05, 0.1) is 34.8 Å². The molecule has 0 saturated carbocycles. The van der Waals surface area contributed by atoms with Gasteiger partial charge in [-0.2, -0.15) is 44.6 Å². The van der Waals surface area contributed by atoms with Crippen molar-refractivity contribution < 1.29 is 107 Å². The van der Waals surface area contributed by atoms with E-state index < -0.39 is 184 Å². The Balaban J connectivity index is 0.922. The van der Waals surface area contributed by atoms with Crippen LogP contribution in [0.15, 0.2) is 60.7 Å². The number of carbonyl (C=O) groups is 6. The maximum atomic E-state index is 16.1. The second kappa shape index (κ2) is 23.6. The molecule has 0 spiro atoms. The van der Waals surface area contributed by atoms with Crippen LogP contribution in [0.2, 0.25) is 0 Å². The Morgan fingerprint density at radius 3 is 1.82 bits per heavy atom.